The van der Waals surface area contributed by atoms with Gasteiger partial charge in [-0.05, 0) is 24.6 Å². The van der Waals surface area contributed by atoms with E-state index in [1.54, 1.807) is 6.92 Å². The number of aliphatic hydroxyl groups is 2. The maximum absolute atomic E-state index is 13.4. The molecule has 0 spiro atoms. The molecule has 0 aliphatic carbocycles. The second kappa shape index (κ2) is 5.16. The Balaban J connectivity index is 3.09. The lowest BCUT2D eigenvalue weighted by molar-refractivity contribution is 0.0315. The zero-order valence-electron chi connectivity index (χ0n) is 8.11. The third-order valence-corrected chi connectivity index (χ3v) is 2.93. The van der Waals surface area contributed by atoms with Gasteiger partial charge in [-0.3, -0.25) is 0 Å². The van der Waals surface area contributed by atoms with Crippen LogP contribution in [0.4, 0.5) is 4.39 Å². The van der Waals surface area contributed by atoms with Gasteiger partial charge in [0.15, 0.2) is 0 Å². The summed E-state index contributed by atoms with van der Waals surface area (Å²) in [6, 6.07) is 2.55. The van der Waals surface area contributed by atoms with E-state index in [0.29, 0.717) is 10.6 Å². The van der Waals surface area contributed by atoms with Gasteiger partial charge in [0, 0.05) is 16.3 Å². The van der Waals surface area contributed by atoms with Crippen molar-refractivity contribution in [1.29, 1.82) is 0 Å². The summed E-state index contributed by atoms with van der Waals surface area (Å²) in [5.74, 6) is -0.531. The summed E-state index contributed by atoms with van der Waals surface area (Å²) in [6.45, 7) is 1.66. The lowest BCUT2D eigenvalue weighted by Crippen LogP contribution is -2.20. The summed E-state index contributed by atoms with van der Waals surface area (Å²) in [5, 5.41) is 19.3. The number of hydrogen-bond acceptors (Lipinski definition) is 3. The van der Waals surface area contributed by atoms with Crippen molar-refractivity contribution < 1.29 is 14.6 Å². The number of halogens is 2. The molecule has 1 rings (SSSR count). The van der Waals surface area contributed by atoms with Gasteiger partial charge in [-0.25, -0.2) is 4.39 Å². The molecule has 0 fully saturated rings. The summed E-state index contributed by atoms with van der Waals surface area (Å²) in [4.78, 5) is 0. The van der Waals surface area contributed by atoms with E-state index in [9.17, 15) is 14.6 Å². The Morgan fingerprint density at radius 2 is 2.07 bits per heavy atom. The molecule has 0 aliphatic rings. The van der Waals surface area contributed by atoms with Crippen molar-refractivity contribution >= 4 is 24.2 Å². The van der Waals surface area contributed by atoms with Crippen LogP contribution in [-0.2, 0) is 0 Å². The number of aryl methyl sites for hydroxylation is 1. The molecule has 1 aromatic rings. The van der Waals surface area contributed by atoms with Gasteiger partial charge in [0.25, 0.3) is 0 Å². The Hall–Kier alpha value is -0.290. The minimum atomic E-state index is -1.31. The molecule has 0 heterocycles. The normalized spacial score (nSPS) is 15.1. The Morgan fingerprint density at radius 3 is 2.60 bits per heavy atom. The predicted molar refractivity (Wildman–Crippen MR) is 61.0 cm³/mol. The van der Waals surface area contributed by atoms with Crippen LogP contribution in [0.5, 0.6) is 0 Å². The summed E-state index contributed by atoms with van der Waals surface area (Å²) in [7, 11) is 0. The van der Waals surface area contributed by atoms with E-state index in [-0.39, 0.29) is 11.3 Å². The molecule has 2 atom stereocenters. The molecule has 2 unspecified atom stereocenters. The summed E-state index contributed by atoms with van der Waals surface area (Å²) in [6.07, 6.45) is -2.41. The van der Waals surface area contributed by atoms with Crippen molar-refractivity contribution in [2.75, 3.05) is 5.75 Å². The molecular weight excluding hydrogens is 239 g/mol. The Labute approximate surface area is 98.1 Å². The quantitative estimate of drug-likeness (QED) is 0.720. The first kappa shape index (κ1) is 12.8. The van der Waals surface area contributed by atoms with Crippen molar-refractivity contribution in [3.63, 3.8) is 0 Å². The van der Waals surface area contributed by atoms with Crippen LogP contribution in [0.25, 0.3) is 0 Å². The molecule has 0 saturated carbocycles. The van der Waals surface area contributed by atoms with Gasteiger partial charge in [0.2, 0.25) is 0 Å². The van der Waals surface area contributed by atoms with Gasteiger partial charge in [-0.2, -0.15) is 12.6 Å². The fourth-order valence-electron chi connectivity index (χ4n) is 1.20. The minimum Gasteiger partial charge on any atom is -0.389 e. The Kier molecular flexibility index (Phi) is 4.40. The number of benzene rings is 1. The SMILES string of the molecule is Cc1cc(F)c(C(O)C(O)CS)cc1Cl. The zero-order valence-corrected chi connectivity index (χ0v) is 9.76. The van der Waals surface area contributed by atoms with Gasteiger partial charge in [-0.1, -0.05) is 11.6 Å². The third kappa shape index (κ3) is 2.84. The molecule has 0 aliphatic heterocycles. The highest BCUT2D eigenvalue weighted by atomic mass is 35.5. The zero-order chi connectivity index (χ0) is 11.6. The van der Waals surface area contributed by atoms with Crippen LogP contribution in [0.1, 0.15) is 17.2 Å². The first-order valence-electron chi connectivity index (χ1n) is 4.40. The van der Waals surface area contributed by atoms with Crippen LogP contribution in [-0.4, -0.2) is 22.1 Å². The van der Waals surface area contributed by atoms with Crippen LogP contribution in [0.2, 0.25) is 5.02 Å². The van der Waals surface area contributed by atoms with Crippen LogP contribution < -0.4 is 0 Å². The summed E-state index contributed by atoms with van der Waals surface area (Å²) >= 11 is 9.62. The van der Waals surface area contributed by atoms with E-state index in [4.69, 9.17) is 11.6 Å². The van der Waals surface area contributed by atoms with Gasteiger partial charge in [0.05, 0.1) is 6.10 Å². The second-order valence-corrected chi connectivity index (χ2v) is 4.09. The lowest BCUT2D eigenvalue weighted by atomic mass is 10.0. The molecule has 2 N–H and O–H groups in total. The maximum Gasteiger partial charge on any atom is 0.129 e. The highest BCUT2D eigenvalue weighted by Gasteiger charge is 2.21. The van der Waals surface area contributed by atoms with Crippen LogP contribution in [0, 0.1) is 12.7 Å². The van der Waals surface area contributed by atoms with E-state index in [1.165, 1.54) is 12.1 Å². The van der Waals surface area contributed by atoms with Gasteiger partial charge in [-0.15, -0.1) is 0 Å². The van der Waals surface area contributed by atoms with E-state index in [2.05, 4.69) is 12.6 Å². The van der Waals surface area contributed by atoms with Crippen molar-refractivity contribution in [3.8, 4) is 0 Å². The molecular formula is C10H12ClFO2S. The summed E-state index contributed by atoms with van der Waals surface area (Å²) in [5.41, 5.74) is 0.581. The van der Waals surface area contributed by atoms with Crippen molar-refractivity contribution in [2.24, 2.45) is 0 Å². The van der Waals surface area contributed by atoms with E-state index in [0.717, 1.165) is 0 Å². The Bertz CT molecular complexity index is 360. The van der Waals surface area contributed by atoms with E-state index < -0.39 is 18.0 Å². The first-order chi connectivity index (χ1) is 6.97. The predicted octanol–water partition coefficient (Wildman–Crippen LogP) is 2.11. The smallest absolute Gasteiger partial charge is 0.129 e. The number of thiol groups is 1. The van der Waals surface area contributed by atoms with Crippen LogP contribution in [0.3, 0.4) is 0 Å². The molecule has 0 bridgehead atoms. The standard InChI is InChI=1S/C10H12ClFO2S/c1-5-2-8(12)6(3-7(5)11)10(14)9(13)4-15/h2-3,9-10,13-15H,4H2,1H3. The second-order valence-electron chi connectivity index (χ2n) is 3.32. The molecule has 0 aromatic heterocycles. The molecule has 0 saturated heterocycles. The number of hydrogen-bond donors (Lipinski definition) is 3. The van der Waals surface area contributed by atoms with E-state index in [1.807, 2.05) is 0 Å². The van der Waals surface area contributed by atoms with Crippen molar-refractivity contribution in [3.05, 3.63) is 34.1 Å². The molecule has 84 valence electrons. The highest BCUT2D eigenvalue weighted by Crippen LogP contribution is 2.26. The maximum atomic E-state index is 13.4. The molecule has 0 amide bonds. The lowest BCUT2D eigenvalue weighted by Gasteiger charge is -2.17. The minimum absolute atomic E-state index is 0.00727. The Morgan fingerprint density at radius 1 is 1.47 bits per heavy atom. The highest BCUT2D eigenvalue weighted by molar-refractivity contribution is 7.80. The van der Waals surface area contributed by atoms with Gasteiger partial charge in [0.1, 0.15) is 11.9 Å². The largest absolute Gasteiger partial charge is 0.389 e. The molecule has 2 nitrogen and oxygen atoms in total. The van der Waals surface area contributed by atoms with Crippen LogP contribution >= 0.6 is 24.2 Å². The molecule has 15 heavy (non-hydrogen) atoms. The average Bonchev–Trinajstić information content (AvgIpc) is 2.21. The average molecular weight is 251 g/mol. The molecule has 1 aromatic carbocycles. The fraction of sp³-hybridized carbons (Fsp3) is 0.400. The van der Waals surface area contributed by atoms with E-state index >= 15 is 0 Å². The van der Waals surface area contributed by atoms with Crippen molar-refractivity contribution in [2.45, 2.75) is 19.1 Å². The summed E-state index contributed by atoms with van der Waals surface area (Å²) < 4.78 is 13.4. The monoisotopic (exact) mass is 250 g/mol. The van der Waals surface area contributed by atoms with Crippen molar-refractivity contribution in [1.82, 2.24) is 0 Å². The number of aliphatic hydroxyl groups excluding tert-OH is 2. The van der Waals surface area contributed by atoms with Crippen LogP contribution in [0.15, 0.2) is 12.1 Å². The first-order valence-corrected chi connectivity index (χ1v) is 5.41. The molecule has 0 radical (unpaired) electrons. The van der Waals surface area contributed by atoms with Gasteiger partial charge >= 0.3 is 0 Å². The third-order valence-electron chi connectivity index (χ3n) is 2.15. The topological polar surface area (TPSA) is 40.5 Å². The fourth-order valence-corrected chi connectivity index (χ4v) is 1.57. The van der Waals surface area contributed by atoms with Gasteiger partial charge < -0.3 is 10.2 Å². The molecule has 5 heteroatoms. The number of rotatable bonds is 3.